The standard InChI is InChI=1S/C11H14O5S/c12-8(3-4-17)10(14)6-1-2-7(11(15)16)9(13)5-6/h1-2,5,8,10,12-14,17H,3-4H2,(H,15,16). The lowest BCUT2D eigenvalue weighted by molar-refractivity contribution is 0.0171. The van der Waals surface area contributed by atoms with E-state index in [0.717, 1.165) is 6.07 Å². The van der Waals surface area contributed by atoms with Crippen molar-refractivity contribution in [1.82, 2.24) is 0 Å². The second-order valence-corrected chi connectivity index (χ2v) is 4.05. The third-order valence-electron chi connectivity index (χ3n) is 2.38. The van der Waals surface area contributed by atoms with E-state index in [1.54, 1.807) is 0 Å². The molecule has 2 unspecified atom stereocenters. The summed E-state index contributed by atoms with van der Waals surface area (Å²) in [5.41, 5.74) is 0.0198. The monoisotopic (exact) mass is 258 g/mol. The van der Waals surface area contributed by atoms with Crippen LogP contribution in [0.1, 0.15) is 28.4 Å². The summed E-state index contributed by atoms with van der Waals surface area (Å²) in [6.45, 7) is 0. The highest BCUT2D eigenvalue weighted by Gasteiger charge is 2.19. The minimum Gasteiger partial charge on any atom is -0.507 e. The summed E-state index contributed by atoms with van der Waals surface area (Å²) in [7, 11) is 0. The molecule has 4 N–H and O–H groups in total. The minimum atomic E-state index is -1.25. The molecule has 0 aliphatic rings. The van der Waals surface area contributed by atoms with E-state index < -0.39 is 23.9 Å². The highest BCUT2D eigenvalue weighted by molar-refractivity contribution is 7.80. The van der Waals surface area contributed by atoms with Gasteiger partial charge in [0.25, 0.3) is 0 Å². The Hall–Kier alpha value is -1.24. The summed E-state index contributed by atoms with van der Waals surface area (Å²) in [6.07, 6.45) is -1.87. The molecule has 94 valence electrons. The van der Waals surface area contributed by atoms with Gasteiger partial charge in [-0.05, 0) is 29.9 Å². The van der Waals surface area contributed by atoms with E-state index in [0.29, 0.717) is 12.2 Å². The van der Waals surface area contributed by atoms with E-state index in [2.05, 4.69) is 12.6 Å². The number of phenols is 1. The number of aliphatic hydroxyl groups is 2. The molecule has 0 heterocycles. The lowest BCUT2D eigenvalue weighted by Gasteiger charge is -2.17. The van der Waals surface area contributed by atoms with Crippen molar-refractivity contribution in [2.45, 2.75) is 18.6 Å². The van der Waals surface area contributed by atoms with E-state index in [9.17, 15) is 20.1 Å². The number of carboxylic acid groups (broad SMARTS) is 1. The topological polar surface area (TPSA) is 98.0 Å². The number of aliphatic hydroxyl groups excluding tert-OH is 2. The van der Waals surface area contributed by atoms with Gasteiger partial charge in [0, 0.05) is 0 Å². The smallest absolute Gasteiger partial charge is 0.339 e. The van der Waals surface area contributed by atoms with Gasteiger partial charge in [0.2, 0.25) is 0 Å². The van der Waals surface area contributed by atoms with Crippen molar-refractivity contribution in [3.8, 4) is 5.75 Å². The molecule has 5 nitrogen and oxygen atoms in total. The van der Waals surface area contributed by atoms with E-state index >= 15 is 0 Å². The first-order valence-corrected chi connectivity index (χ1v) is 5.63. The second-order valence-electron chi connectivity index (χ2n) is 3.61. The summed E-state index contributed by atoms with van der Waals surface area (Å²) in [4.78, 5) is 10.7. The highest BCUT2D eigenvalue weighted by Crippen LogP contribution is 2.25. The molecule has 0 aromatic heterocycles. The number of hydrogen-bond donors (Lipinski definition) is 5. The van der Waals surface area contributed by atoms with Gasteiger partial charge in [-0.2, -0.15) is 12.6 Å². The Morgan fingerprint density at radius 1 is 1.35 bits per heavy atom. The van der Waals surface area contributed by atoms with E-state index in [4.69, 9.17) is 5.11 Å². The predicted molar refractivity (Wildman–Crippen MR) is 64.5 cm³/mol. The van der Waals surface area contributed by atoms with E-state index in [1.165, 1.54) is 12.1 Å². The molecular weight excluding hydrogens is 244 g/mol. The lowest BCUT2D eigenvalue weighted by atomic mass is 10.0. The molecule has 1 aromatic rings. The molecule has 0 spiro atoms. The van der Waals surface area contributed by atoms with Crippen molar-refractivity contribution in [3.63, 3.8) is 0 Å². The van der Waals surface area contributed by atoms with Crippen LogP contribution in [0.4, 0.5) is 0 Å². The number of carbonyl (C=O) groups is 1. The zero-order chi connectivity index (χ0) is 13.0. The average Bonchev–Trinajstić information content (AvgIpc) is 2.27. The fraction of sp³-hybridized carbons (Fsp3) is 0.364. The molecule has 2 atom stereocenters. The Balaban J connectivity index is 2.93. The minimum absolute atomic E-state index is 0.246. The van der Waals surface area contributed by atoms with Crippen LogP contribution < -0.4 is 0 Å². The molecule has 1 aromatic carbocycles. The molecule has 0 bridgehead atoms. The Labute approximate surface area is 104 Å². The first-order valence-electron chi connectivity index (χ1n) is 5.00. The van der Waals surface area contributed by atoms with Crippen LogP contribution in [0.5, 0.6) is 5.75 Å². The Morgan fingerprint density at radius 3 is 2.47 bits per heavy atom. The van der Waals surface area contributed by atoms with Crippen LogP contribution >= 0.6 is 12.6 Å². The number of carboxylic acids is 1. The largest absolute Gasteiger partial charge is 0.507 e. The van der Waals surface area contributed by atoms with Gasteiger partial charge in [-0.1, -0.05) is 6.07 Å². The molecule has 6 heteroatoms. The number of hydrogen-bond acceptors (Lipinski definition) is 5. The van der Waals surface area contributed by atoms with Crippen LogP contribution in [0, 0.1) is 0 Å². The van der Waals surface area contributed by atoms with Gasteiger partial charge >= 0.3 is 5.97 Å². The third kappa shape index (κ3) is 3.36. The van der Waals surface area contributed by atoms with Crippen LogP contribution in [0.25, 0.3) is 0 Å². The van der Waals surface area contributed by atoms with Crippen LogP contribution in [0.3, 0.4) is 0 Å². The molecule has 1 rings (SSSR count). The number of thiol groups is 1. The Morgan fingerprint density at radius 2 is 2.00 bits per heavy atom. The first-order chi connectivity index (χ1) is 7.97. The SMILES string of the molecule is O=C(O)c1ccc(C(O)C(O)CCS)cc1O. The van der Waals surface area contributed by atoms with Gasteiger partial charge in [0.1, 0.15) is 17.4 Å². The summed E-state index contributed by atoms with van der Waals surface area (Å²) in [6, 6.07) is 3.68. The maximum absolute atomic E-state index is 10.7. The van der Waals surface area contributed by atoms with Crippen molar-refractivity contribution in [3.05, 3.63) is 29.3 Å². The van der Waals surface area contributed by atoms with Gasteiger partial charge in [-0.15, -0.1) is 0 Å². The van der Waals surface area contributed by atoms with Crippen LogP contribution in [-0.4, -0.2) is 38.3 Å². The van der Waals surface area contributed by atoms with Crippen molar-refractivity contribution in [2.75, 3.05) is 5.75 Å². The Bertz CT molecular complexity index is 407. The fourth-order valence-electron chi connectivity index (χ4n) is 1.43. The molecule has 0 amide bonds. The van der Waals surface area contributed by atoms with Crippen LogP contribution in [-0.2, 0) is 0 Å². The molecule has 0 fully saturated rings. The third-order valence-corrected chi connectivity index (χ3v) is 2.64. The molecule has 0 aliphatic heterocycles. The number of aromatic hydroxyl groups is 1. The molecule has 0 aliphatic carbocycles. The van der Waals surface area contributed by atoms with Gasteiger partial charge in [0.05, 0.1) is 6.10 Å². The molecule has 0 saturated carbocycles. The molecular formula is C11H14O5S. The van der Waals surface area contributed by atoms with Gasteiger partial charge in [-0.25, -0.2) is 4.79 Å². The van der Waals surface area contributed by atoms with E-state index in [-0.39, 0.29) is 11.1 Å². The molecule has 0 saturated heterocycles. The van der Waals surface area contributed by atoms with Gasteiger partial charge < -0.3 is 20.4 Å². The normalized spacial score (nSPS) is 14.3. The summed E-state index contributed by atoms with van der Waals surface area (Å²) in [5, 5.41) is 37.4. The number of aromatic carboxylic acids is 1. The number of rotatable bonds is 5. The Kier molecular flexibility index (Phi) is 4.80. The maximum Gasteiger partial charge on any atom is 0.339 e. The van der Waals surface area contributed by atoms with Crippen molar-refractivity contribution >= 4 is 18.6 Å². The van der Waals surface area contributed by atoms with Crippen molar-refractivity contribution in [2.24, 2.45) is 0 Å². The fourth-order valence-corrected chi connectivity index (χ4v) is 1.69. The zero-order valence-corrected chi connectivity index (χ0v) is 9.84. The molecule has 0 radical (unpaired) electrons. The highest BCUT2D eigenvalue weighted by atomic mass is 32.1. The van der Waals surface area contributed by atoms with Crippen molar-refractivity contribution < 1.29 is 25.2 Å². The lowest BCUT2D eigenvalue weighted by Crippen LogP contribution is -2.18. The number of benzene rings is 1. The second kappa shape index (κ2) is 5.90. The predicted octanol–water partition coefficient (Wildman–Crippen LogP) is 0.805. The van der Waals surface area contributed by atoms with Crippen LogP contribution in [0.15, 0.2) is 18.2 Å². The zero-order valence-electron chi connectivity index (χ0n) is 8.95. The molecule has 17 heavy (non-hydrogen) atoms. The summed E-state index contributed by atoms with van der Waals surface area (Å²) in [5.74, 6) is -1.27. The van der Waals surface area contributed by atoms with Gasteiger partial charge in [0.15, 0.2) is 0 Å². The van der Waals surface area contributed by atoms with Crippen LogP contribution in [0.2, 0.25) is 0 Å². The quantitative estimate of drug-likeness (QED) is 0.503. The average molecular weight is 258 g/mol. The maximum atomic E-state index is 10.7. The van der Waals surface area contributed by atoms with Gasteiger partial charge in [-0.3, -0.25) is 0 Å². The van der Waals surface area contributed by atoms with Crippen molar-refractivity contribution in [1.29, 1.82) is 0 Å². The first kappa shape index (κ1) is 13.8. The van der Waals surface area contributed by atoms with E-state index in [1.807, 2.05) is 0 Å². The summed E-state index contributed by atoms with van der Waals surface area (Å²) >= 11 is 3.93. The summed E-state index contributed by atoms with van der Waals surface area (Å²) < 4.78 is 0.